The van der Waals surface area contributed by atoms with Crippen LogP contribution in [-0.4, -0.2) is 11.1 Å². The number of carboxylic acids is 1. The molecule has 0 aromatic carbocycles. The molecule has 0 aliphatic carbocycles. The van der Waals surface area contributed by atoms with E-state index in [9.17, 15) is 4.79 Å². The van der Waals surface area contributed by atoms with Crippen LogP contribution >= 0.6 is 0 Å². The summed E-state index contributed by atoms with van der Waals surface area (Å²) >= 11 is 0. The average Bonchev–Trinajstić information content (AvgIpc) is 2.21. The molecule has 2 atom stereocenters. The molecule has 0 radical (unpaired) electrons. The fourth-order valence-electron chi connectivity index (χ4n) is 2.53. The van der Waals surface area contributed by atoms with Gasteiger partial charge < -0.3 is 5.11 Å². The molecule has 0 aliphatic heterocycles. The largest absolute Gasteiger partial charge is 0.481 e. The van der Waals surface area contributed by atoms with Crippen LogP contribution in [0.15, 0.2) is 0 Å². The summed E-state index contributed by atoms with van der Waals surface area (Å²) in [6, 6.07) is 0. The van der Waals surface area contributed by atoms with Crippen molar-refractivity contribution in [2.24, 2.45) is 17.3 Å². The van der Waals surface area contributed by atoms with Crippen LogP contribution in [0.2, 0.25) is 0 Å². The Morgan fingerprint density at radius 2 is 1.59 bits per heavy atom. The summed E-state index contributed by atoms with van der Waals surface area (Å²) in [5.74, 6) is -0.00696. The maximum Gasteiger partial charge on any atom is 0.306 e. The molecular formula is C15H30O2. The molecule has 0 saturated carbocycles. The predicted molar refractivity (Wildman–Crippen MR) is 73.1 cm³/mol. The van der Waals surface area contributed by atoms with E-state index < -0.39 is 5.97 Å². The van der Waals surface area contributed by atoms with Crippen molar-refractivity contribution in [1.29, 1.82) is 0 Å². The van der Waals surface area contributed by atoms with Crippen molar-refractivity contribution in [1.82, 2.24) is 0 Å². The monoisotopic (exact) mass is 242 g/mol. The van der Waals surface area contributed by atoms with Gasteiger partial charge in [0.05, 0.1) is 5.92 Å². The minimum absolute atomic E-state index is 0.135. The Hall–Kier alpha value is -0.530. The summed E-state index contributed by atoms with van der Waals surface area (Å²) in [6.07, 6.45) is 6.27. The first-order valence-electron chi connectivity index (χ1n) is 7.05. The summed E-state index contributed by atoms with van der Waals surface area (Å²) in [6.45, 7) is 11.1. The highest BCUT2D eigenvalue weighted by Gasteiger charge is 2.22. The van der Waals surface area contributed by atoms with E-state index in [0.29, 0.717) is 5.41 Å². The quantitative estimate of drug-likeness (QED) is 0.625. The predicted octanol–water partition coefficient (Wildman–Crippen LogP) is 4.73. The molecule has 0 aliphatic rings. The number of carbonyl (C=O) groups is 1. The molecule has 2 nitrogen and oxygen atoms in total. The lowest BCUT2D eigenvalue weighted by Gasteiger charge is -2.30. The summed E-state index contributed by atoms with van der Waals surface area (Å²) in [5.41, 5.74) is 0.381. The number of unbranched alkanes of at least 4 members (excludes halogenated alkanes) is 1. The minimum Gasteiger partial charge on any atom is -0.481 e. The maximum atomic E-state index is 10.9. The zero-order valence-corrected chi connectivity index (χ0v) is 12.3. The van der Waals surface area contributed by atoms with E-state index in [0.717, 1.165) is 25.2 Å². The molecule has 0 rings (SSSR count). The van der Waals surface area contributed by atoms with Crippen LogP contribution in [0.25, 0.3) is 0 Å². The van der Waals surface area contributed by atoms with E-state index in [1.54, 1.807) is 0 Å². The van der Waals surface area contributed by atoms with E-state index in [4.69, 9.17) is 5.11 Å². The highest BCUT2D eigenvalue weighted by Crippen LogP contribution is 2.33. The maximum absolute atomic E-state index is 10.9. The van der Waals surface area contributed by atoms with Gasteiger partial charge in [-0.15, -0.1) is 0 Å². The molecule has 0 bridgehead atoms. The normalized spacial score (nSPS) is 15.6. The molecule has 0 saturated heterocycles. The number of rotatable bonds is 8. The first kappa shape index (κ1) is 16.5. The second-order valence-corrected chi connectivity index (χ2v) is 6.20. The molecule has 0 spiro atoms. The topological polar surface area (TPSA) is 37.3 Å². The second-order valence-electron chi connectivity index (χ2n) is 6.20. The number of carboxylic acid groups (broad SMARTS) is 1. The van der Waals surface area contributed by atoms with Gasteiger partial charge in [0, 0.05) is 0 Å². The molecule has 0 aromatic rings. The van der Waals surface area contributed by atoms with Crippen LogP contribution in [-0.2, 0) is 4.79 Å². The van der Waals surface area contributed by atoms with Crippen molar-refractivity contribution in [2.45, 2.75) is 73.1 Å². The lowest BCUT2D eigenvalue weighted by Crippen LogP contribution is -2.19. The number of hydrogen-bond donors (Lipinski definition) is 1. The Balaban J connectivity index is 3.87. The van der Waals surface area contributed by atoms with Gasteiger partial charge in [0.1, 0.15) is 0 Å². The van der Waals surface area contributed by atoms with Crippen molar-refractivity contribution < 1.29 is 9.90 Å². The summed E-state index contributed by atoms with van der Waals surface area (Å²) in [5, 5.41) is 8.96. The molecule has 0 fully saturated rings. The van der Waals surface area contributed by atoms with Gasteiger partial charge in [-0.3, -0.25) is 4.79 Å². The van der Waals surface area contributed by atoms with E-state index in [1.165, 1.54) is 19.3 Å². The Morgan fingerprint density at radius 3 is 1.94 bits per heavy atom. The van der Waals surface area contributed by atoms with Gasteiger partial charge in [-0.05, 0) is 30.6 Å². The number of aliphatic carboxylic acids is 1. The molecule has 0 aromatic heterocycles. The highest BCUT2D eigenvalue weighted by atomic mass is 16.4. The van der Waals surface area contributed by atoms with E-state index >= 15 is 0 Å². The molecule has 0 heterocycles. The van der Waals surface area contributed by atoms with Gasteiger partial charge in [0.15, 0.2) is 0 Å². The van der Waals surface area contributed by atoms with E-state index in [2.05, 4.69) is 27.7 Å². The first-order valence-corrected chi connectivity index (χ1v) is 7.05. The number of hydrogen-bond acceptors (Lipinski definition) is 1. The minimum atomic E-state index is -0.629. The van der Waals surface area contributed by atoms with E-state index in [-0.39, 0.29) is 5.92 Å². The smallest absolute Gasteiger partial charge is 0.306 e. The van der Waals surface area contributed by atoms with Crippen LogP contribution in [0.5, 0.6) is 0 Å². The van der Waals surface area contributed by atoms with Crippen molar-refractivity contribution in [3.63, 3.8) is 0 Å². The van der Waals surface area contributed by atoms with E-state index in [1.807, 2.05) is 6.92 Å². The third-order valence-electron chi connectivity index (χ3n) is 3.91. The third kappa shape index (κ3) is 6.70. The zero-order valence-electron chi connectivity index (χ0n) is 12.3. The Kier molecular flexibility index (Phi) is 7.49. The molecule has 0 amide bonds. The van der Waals surface area contributed by atoms with Gasteiger partial charge in [0.25, 0.3) is 0 Å². The lowest BCUT2D eigenvalue weighted by atomic mass is 9.76. The SMILES string of the molecule is CCC(CCCCC(CC)C(C)(C)C)C(=O)O. The molecule has 102 valence electrons. The van der Waals surface area contributed by atoms with Crippen LogP contribution < -0.4 is 0 Å². The molecule has 2 heteroatoms. The molecular weight excluding hydrogens is 212 g/mol. The van der Waals surface area contributed by atoms with Crippen molar-refractivity contribution in [3.8, 4) is 0 Å². The Labute approximate surface area is 107 Å². The zero-order chi connectivity index (χ0) is 13.5. The Bertz CT molecular complexity index is 215. The first-order chi connectivity index (χ1) is 7.82. The molecule has 1 N–H and O–H groups in total. The molecule has 2 unspecified atom stereocenters. The van der Waals surface area contributed by atoms with Gasteiger partial charge in [-0.25, -0.2) is 0 Å². The van der Waals surface area contributed by atoms with Crippen LogP contribution in [0.4, 0.5) is 0 Å². The Morgan fingerprint density at radius 1 is 1.06 bits per heavy atom. The van der Waals surface area contributed by atoms with Crippen LogP contribution in [0, 0.1) is 17.3 Å². The standard InChI is InChI=1S/C15H30O2/c1-6-12(14(16)17)10-8-9-11-13(7-2)15(3,4)5/h12-13H,6-11H2,1-5H3,(H,16,17). The van der Waals surface area contributed by atoms with Gasteiger partial charge in [-0.2, -0.15) is 0 Å². The average molecular weight is 242 g/mol. The third-order valence-corrected chi connectivity index (χ3v) is 3.91. The van der Waals surface area contributed by atoms with Crippen molar-refractivity contribution in [3.05, 3.63) is 0 Å². The lowest BCUT2D eigenvalue weighted by molar-refractivity contribution is -0.142. The van der Waals surface area contributed by atoms with Gasteiger partial charge in [0.2, 0.25) is 0 Å². The summed E-state index contributed by atoms with van der Waals surface area (Å²) in [4.78, 5) is 10.9. The highest BCUT2D eigenvalue weighted by molar-refractivity contribution is 5.69. The van der Waals surface area contributed by atoms with Crippen LogP contribution in [0.1, 0.15) is 73.1 Å². The summed E-state index contributed by atoms with van der Waals surface area (Å²) < 4.78 is 0. The fraction of sp³-hybridized carbons (Fsp3) is 0.933. The van der Waals surface area contributed by atoms with Gasteiger partial charge >= 0.3 is 5.97 Å². The van der Waals surface area contributed by atoms with Crippen molar-refractivity contribution >= 4 is 5.97 Å². The fourth-order valence-corrected chi connectivity index (χ4v) is 2.53. The van der Waals surface area contributed by atoms with Crippen LogP contribution in [0.3, 0.4) is 0 Å². The molecule has 17 heavy (non-hydrogen) atoms. The van der Waals surface area contributed by atoms with Gasteiger partial charge in [-0.1, -0.05) is 53.9 Å². The second kappa shape index (κ2) is 7.73. The van der Waals surface area contributed by atoms with Crippen molar-refractivity contribution in [2.75, 3.05) is 0 Å². The summed E-state index contributed by atoms with van der Waals surface area (Å²) in [7, 11) is 0.